The number of rotatable bonds is 6. The minimum absolute atomic E-state index is 0.0675. The van der Waals surface area contributed by atoms with Gasteiger partial charge in [0.05, 0.1) is 24.2 Å². The molecule has 1 amide bonds. The van der Waals surface area contributed by atoms with Gasteiger partial charge in [0.1, 0.15) is 5.75 Å². The van der Waals surface area contributed by atoms with E-state index < -0.39 is 0 Å². The van der Waals surface area contributed by atoms with Crippen LogP contribution in [0.2, 0.25) is 0 Å². The maximum atomic E-state index is 12.8. The first-order valence-electron chi connectivity index (χ1n) is 8.87. The van der Waals surface area contributed by atoms with E-state index in [4.69, 9.17) is 4.74 Å². The van der Waals surface area contributed by atoms with E-state index in [0.29, 0.717) is 13.0 Å². The van der Waals surface area contributed by atoms with Crippen LogP contribution in [0.4, 0.5) is 0 Å². The summed E-state index contributed by atoms with van der Waals surface area (Å²) in [5.41, 5.74) is 4.17. The van der Waals surface area contributed by atoms with Gasteiger partial charge in [-0.25, -0.2) is 4.98 Å². The van der Waals surface area contributed by atoms with Gasteiger partial charge in [-0.2, -0.15) is 0 Å². The molecule has 0 N–H and O–H groups in total. The van der Waals surface area contributed by atoms with Gasteiger partial charge in [-0.15, -0.1) is 11.3 Å². The van der Waals surface area contributed by atoms with Crippen LogP contribution in [0.5, 0.6) is 5.75 Å². The molecule has 2 aromatic carbocycles. The first-order chi connectivity index (χ1) is 13.0. The molecule has 4 nitrogen and oxygen atoms in total. The third kappa shape index (κ3) is 4.55. The fraction of sp³-hybridized carbons (Fsp3) is 0.273. The Labute approximate surface area is 164 Å². The molecular weight excluding hydrogens is 356 g/mol. The third-order valence-electron chi connectivity index (χ3n) is 4.47. The highest BCUT2D eigenvalue weighted by Crippen LogP contribution is 2.29. The van der Waals surface area contributed by atoms with Crippen LogP contribution in [0, 0.1) is 13.8 Å². The van der Waals surface area contributed by atoms with Crippen molar-refractivity contribution in [3.63, 3.8) is 0 Å². The molecule has 3 aromatic rings. The lowest BCUT2D eigenvalue weighted by Gasteiger charge is -2.18. The number of benzene rings is 2. The van der Waals surface area contributed by atoms with Crippen molar-refractivity contribution >= 4 is 17.2 Å². The van der Waals surface area contributed by atoms with E-state index in [-0.39, 0.29) is 5.91 Å². The maximum Gasteiger partial charge on any atom is 0.227 e. The Balaban J connectivity index is 1.77. The Morgan fingerprint density at radius 1 is 1.11 bits per heavy atom. The van der Waals surface area contributed by atoms with E-state index in [1.165, 1.54) is 5.56 Å². The van der Waals surface area contributed by atoms with Crippen LogP contribution in [0.3, 0.4) is 0 Å². The van der Waals surface area contributed by atoms with Crippen LogP contribution < -0.4 is 4.74 Å². The normalized spacial score (nSPS) is 10.7. The van der Waals surface area contributed by atoms with Crippen molar-refractivity contribution in [1.29, 1.82) is 0 Å². The first kappa shape index (κ1) is 19.1. The average Bonchev–Trinajstić information content (AvgIpc) is 3.02. The van der Waals surface area contributed by atoms with Gasteiger partial charge in [0.2, 0.25) is 5.91 Å². The van der Waals surface area contributed by atoms with Crippen LogP contribution in [0.1, 0.15) is 21.0 Å². The molecule has 0 saturated carbocycles. The van der Waals surface area contributed by atoms with Crippen molar-refractivity contribution in [2.45, 2.75) is 26.8 Å². The van der Waals surface area contributed by atoms with Gasteiger partial charge in [0.25, 0.3) is 0 Å². The van der Waals surface area contributed by atoms with Crippen molar-refractivity contribution in [2.75, 3.05) is 14.2 Å². The molecule has 27 heavy (non-hydrogen) atoms. The lowest BCUT2D eigenvalue weighted by atomic mass is 10.1. The van der Waals surface area contributed by atoms with Crippen LogP contribution in [0.15, 0.2) is 48.5 Å². The summed E-state index contributed by atoms with van der Waals surface area (Å²) in [4.78, 5) is 20.2. The number of hydrogen-bond acceptors (Lipinski definition) is 4. The zero-order chi connectivity index (χ0) is 19.4. The lowest BCUT2D eigenvalue weighted by Crippen LogP contribution is -2.27. The van der Waals surface area contributed by atoms with Gasteiger partial charge < -0.3 is 9.64 Å². The lowest BCUT2D eigenvalue weighted by molar-refractivity contribution is -0.129. The molecule has 3 rings (SSSR count). The van der Waals surface area contributed by atoms with Crippen molar-refractivity contribution in [3.8, 4) is 17.0 Å². The summed E-state index contributed by atoms with van der Waals surface area (Å²) >= 11 is 1.59. The van der Waals surface area contributed by atoms with Crippen molar-refractivity contribution in [1.82, 2.24) is 9.88 Å². The molecular formula is C22H24N2O2S. The summed E-state index contributed by atoms with van der Waals surface area (Å²) < 4.78 is 5.39. The van der Waals surface area contributed by atoms with Gasteiger partial charge in [-0.3, -0.25) is 4.79 Å². The van der Waals surface area contributed by atoms with E-state index in [9.17, 15) is 4.79 Å². The van der Waals surface area contributed by atoms with Crippen LogP contribution in [-0.4, -0.2) is 29.9 Å². The fourth-order valence-corrected chi connectivity index (χ4v) is 3.92. The smallest absolute Gasteiger partial charge is 0.227 e. The highest BCUT2D eigenvalue weighted by atomic mass is 32.1. The SMILES string of the molecule is COc1ccccc1CN(C)C(=O)Cc1sc(C)nc1-c1ccc(C)cc1. The number of carbonyl (C=O) groups is 1. The van der Waals surface area contributed by atoms with Gasteiger partial charge in [-0.05, 0) is 19.9 Å². The number of aromatic nitrogens is 1. The zero-order valence-corrected chi connectivity index (χ0v) is 17.0. The molecule has 0 aliphatic carbocycles. The van der Waals surface area contributed by atoms with E-state index in [1.807, 2.05) is 38.2 Å². The monoisotopic (exact) mass is 380 g/mol. The second-order valence-electron chi connectivity index (χ2n) is 6.61. The van der Waals surface area contributed by atoms with Gasteiger partial charge in [0.15, 0.2) is 0 Å². The van der Waals surface area contributed by atoms with Gasteiger partial charge >= 0.3 is 0 Å². The largest absolute Gasteiger partial charge is 0.496 e. The maximum absolute atomic E-state index is 12.8. The number of thiazole rings is 1. The number of hydrogen-bond donors (Lipinski definition) is 0. The second kappa shape index (κ2) is 8.35. The van der Waals surface area contributed by atoms with E-state index in [2.05, 4.69) is 36.2 Å². The predicted molar refractivity (Wildman–Crippen MR) is 110 cm³/mol. The Kier molecular flexibility index (Phi) is 5.91. The standard InChI is InChI=1S/C22H24N2O2S/c1-15-9-11-17(12-10-15)22-20(27-16(2)23-22)13-21(25)24(3)14-18-7-5-6-8-19(18)26-4/h5-12H,13-14H2,1-4H3. The predicted octanol–water partition coefficient (Wildman–Crippen LogP) is 4.64. The Morgan fingerprint density at radius 3 is 2.52 bits per heavy atom. The Hall–Kier alpha value is -2.66. The third-order valence-corrected chi connectivity index (χ3v) is 5.44. The molecule has 1 heterocycles. The summed E-state index contributed by atoms with van der Waals surface area (Å²) in [6.07, 6.45) is 0.348. The van der Waals surface area contributed by atoms with E-state index in [1.54, 1.807) is 23.3 Å². The molecule has 0 saturated heterocycles. The van der Waals surface area contributed by atoms with Crippen LogP contribution >= 0.6 is 11.3 Å². The quantitative estimate of drug-likeness (QED) is 0.626. The Bertz CT molecular complexity index is 932. The van der Waals surface area contributed by atoms with Gasteiger partial charge in [-0.1, -0.05) is 48.0 Å². The molecule has 1 aromatic heterocycles. The van der Waals surface area contributed by atoms with Crippen molar-refractivity contribution in [3.05, 3.63) is 69.5 Å². The van der Waals surface area contributed by atoms with E-state index >= 15 is 0 Å². The van der Waals surface area contributed by atoms with Crippen molar-refractivity contribution < 1.29 is 9.53 Å². The summed E-state index contributed by atoms with van der Waals surface area (Å²) in [6, 6.07) is 16.1. The number of ether oxygens (including phenoxy) is 1. The number of nitrogens with zero attached hydrogens (tertiary/aromatic N) is 2. The summed E-state index contributed by atoms with van der Waals surface area (Å²) in [7, 11) is 3.48. The topological polar surface area (TPSA) is 42.4 Å². The number of carbonyl (C=O) groups excluding carboxylic acids is 1. The van der Waals surface area contributed by atoms with Crippen molar-refractivity contribution in [2.24, 2.45) is 0 Å². The molecule has 0 spiro atoms. The molecule has 5 heteroatoms. The molecule has 0 unspecified atom stereocenters. The average molecular weight is 381 g/mol. The highest BCUT2D eigenvalue weighted by Gasteiger charge is 2.18. The molecule has 0 radical (unpaired) electrons. The number of aryl methyl sites for hydroxylation is 2. The Morgan fingerprint density at radius 2 is 1.81 bits per heavy atom. The highest BCUT2D eigenvalue weighted by molar-refractivity contribution is 7.12. The number of likely N-dealkylation sites (N-methyl/N-ethyl adjacent to an activating group) is 1. The molecule has 0 aliphatic heterocycles. The molecule has 140 valence electrons. The summed E-state index contributed by atoms with van der Waals surface area (Å²) in [5.74, 6) is 0.865. The first-order valence-corrected chi connectivity index (χ1v) is 9.68. The molecule has 0 aliphatic rings. The molecule has 0 atom stereocenters. The number of methoxy groups -OCH3 is 1. The van der Waals surface area contributed by atoms with Gasteiger partial charge in [0, 0.05) is 29.6 Å². The zero-order valence-electron chi connectivity index (χ0n) is 16.2. The van der Waals surface area contributed by atoms with Crippen LogP contribution in [0.25, 0.3) is 11.3 Å². The fourth-order valence-electron chi connectivity index (χ4n) is 2.98. The van der Waals surface area contributed by atoms with Crippen LogP contribution in [-0.2, 0) is 17.8 Å². The number of para-hydroxylation sites is 1. The second-order valence-corrected chi connectivity index (χ2v) is 7.90. The molecule has 0 bridgehead atoms. The number of amides is 1. The molecule has 0 fully saturated rings. The minimum atomic E-state index is 0.0675. The van der Waals surface area contributed by atoms with E-state index in [0.717, 1.165) is 32.5 Å². The minimum Gasteiger partial charge on any atom is -0.496 e. The summed E-state index contributed by atoms with van der Waals surface area (Å²) in [5, 5.41) is 0.973. The summed E-state index contributed by atoms with van der Waals surface area (Å²) in [6.45, 7) is 4.56.